The van der Waals surface area contributed by atoms with Crippen molar-refractivity contribution >= 4 is 0 Å². The average molecular weight is 247 g/mol. The SMILES string of the molecule is CCCCCCNC(CC)c1ccc(CC)cc1. The first-order chi connectivity index (χ1) is 8.81. The van der Waals surface area contributed by atoms with Crippen molar-refractivity contribution in [2.45, 2.75) is 65.3 Å². The molecule has 0 spiro atoms. The molecule has 0 aliphatic carbocycles. The van der Waals surface area contributed by atoms with E-state index in [9.17, 15) is 0 Å². The fourth-order valence-electron chi connectivity index (χ4n) is 2.31. The lowest BCUT2D eigenvalue weighted by atomic mass is 10.0. The zero-order chi connectivity index (χ0) is 13.2. The Morgan fingerprint density at radius 1 is 0.944 bits per heavy atom. The summed E-state index contributed by atoms with van der Waals surface area (Å²) in [5, 5.41) is 3.68. The van der Waals surface area contributed by atoms with Crippen molar-refractivity contribution in [3.05, 3.63) is 35.4 Å². The van der Waals surface area contributed by atoms with Crippen LogP contribution in [0.5, 0.6) is 0 Å². The molecule has 1 rings (SSSR count). The summed E-state index contributed by atoms with van der Waals surface area (Å²) in [5.74, 6) is 0. The number of aryl methyl sites for hydroxylation is 1. The summed E-state index contributed by atoms with van der Waals surface area (Å²) in [6, 6.07) is 9.61. The van der Waals surface area contributed by atoms with Gasteiger partial charge in [-0.25, -0.2) is 0 Å². The van der Waals surface area contributed by atoms with E-state index >= 15 is 0 Å². The predicted octanol–water partition coefficient (Wildman–Crippen LogP) is 4.87. The highest BCUT2D eigenvalue weighted by Gasteiger charge is 2.07. The van der Waals surface area contributed by atoms with Crippen LogP contribution in [-0.2, 0) is 6.42 Å². The minimum atomic E-state index is 0.525. The predicted molar refractivity (Wildman–Crippen MR) is 81.0 cm³/mol. The maximum Gasteiger partial charge on any atom is 0.0317 e. The van der Waals surface area contributed by atoms with Gasteiger partial charge in [0.15, 0.2) is 0 Å². The van der Waals surface area contributed by atoms with E-state index in [1.54, 1.807) is 0 Å². The van der Waals surface area contributed by atoms with Crippen molar-refractivity contribution in [3.8, 4) is 0 Å². The topological polar surface area (TPSA) is 12.0 Å². The third kappa shape index (κ3) is 5.22. The van der Waals surface area contributed by atoms with Gasteiger partial charge in [0, 0.05) is 6.04 Å². The monoisotopic (exact) mass is 247 g/mol. The van der Waals surface area contributed by atoms with Crippen LogP contribution in [0.15, 0.2) is 24.3 Å². The molecular formula is C17H29N. The van der Waals surface area contributed by atoms with Crippen LogP contribution in [0.1, 0.15) is 70.0 Å². The highest BCUT2D eigenvalue weighted by atomic mass is 14.9. The van der Waals surface area contributed by atoms with Crippen LogP contribution in [0.2, 0.25) is 0 Å². The standard InChI is InChI=1S/C17H29N/c1-4-7-8-9-14-18-17(6-3)16-12-10-15(5-2)11-13-16/h10-13,17-18H,4-9,14H2,1-3H3. The molecule has 0 bridgehead atoms. The highest BCUT2D eigenvalue weighted by Crippen LogP contribution is 2.17. The summed E-state index contributed by atoms with van der Waals surface area (Å²) in [4.78, 5) is 0. The zero-order valence-corrected chi connectivity index (χ0v) is 12.3. The summed E-state index contributed by atoms with van der Waals surface area (Å²) < 4.78 is 0. The molecule has 0 heterocycles. The maximum atomic E-state index is 3.68. The second-order valence-electron chi connectivity index (χ2n) is 5.07. The van der Waals surface area contributed by atoms with E-state index in [2.05, 4.69) is 50.4 Å². The van der Waals surface area contributed by atoms with Gasteiger partial charge in [0.25, 0.3) is 0 Å². The first-order valence-corrected chi connectivity index (χ1v) is 7.64. The van der Waals surface area contributed by atoms with Gasteiger partial charge in [-0.15, -0.1) is 0 Å². The number of benzene rings is 1. The van der Waals surface area contributed by atoms with Gasteiger partial charge in [0.05, 0.1) is 0 Å². The van der Waals surface area contributed by atoms with Crippen LogP contribution >= 0.6 is 0 Å². The van der Waals surface area contributed by atoms with Gasteiger partial charge in [-0.1, -0.05) is 64.3 Å². The Morgan fingerprint density at radius 2 is 1.67 bits per heavy atom. The van der Waals surface area contributed by atoms with Crippen LogP contribution in [-0.4, -0.2) is 6.54 Å². The summed E-state index contributed by atoms with van der Waals surface area (Å²) in [6.45, 7) is 7.88. The van der Waals surface area contributed by atoms with E-state index < -0.39 is 0 Å². The highest BCUT2D eigenvalue weighted by molar-refractivity contribution is 5.24. The van der Waals surface area contributed by atoms with Gasteiger partial charge in [0.1, 0.15) is 0 Å². The molecule has 0 aliphatic rings. The van der Waals surface area contributed by atoms with Crippen LogP contribution in [0, 0.1) is 0 Å². The van der Waals surface area contributed by atoms with Gasteiger partial charge in [-0.3, -0.25) is 0 Å². The summed E-state index contributed by atoms with van der Waals surface area (Å²) >= 11 is 0. The quantitative estimate of drug-likeness (QED) is 0.614. The fraction of sp³-hybridized carbons (Fsp3) is 0.647. The van der Waals surface area contributed by atoms with Crippen molar-refractivity contribution in [1.29, 1.82) is 0 Å². The number of nitrogens with one attached hydrogen (secondary N) is 1. The number of hydrogen-bond donors (Lipinski definition) is 1. The largest absolute Gasteiger partial charge is 0.310 e. The normalized spacial score (nSPS) is 12.6. The lowest BCUT2D eigenvalue weighted by Gasteiger charge is -2.17. The van der Waals surface area contributed by atoms with E-state index in [0.717, 1.165) is 13.0 Å². The third-order valence-corrected chi connectivity index (χ3v) is 3.62. The first kappa shape index (κ1) is 15.2. The number of unbranched alkanes of at least 4 members (excludes halogenated alkanes) is 3. The molecular weight excluding hydrogens is 218 g/mol. The number of rotatable bonds is 9. The Morgan fingerprint density at radius 3 is 2.22 bits per heavy atom. The average Bonchev–Trinajstić information content (AvgIpc) is 2.43. The Labute approximate surface area is 113 Å². The van der Waals surface area contributed by atoms with E-state index in [-0.39, 0.29) is 0 Å². The Bertz CT molecular complexity index is 302. The van der Waals surface area contributed by atoms with Crippen molar-refractivity contribution in [3.63, 3.8) is 0 Å². The van der Waals surface area contributed by atoms with Crippen LogP contribution < -0.4 is 5.32 Å². The smallest absolute Gasteiger partial charge is 0.0317 e. The minimum absolute atomic E-state index is 0.525. The molecule has 1 N–H and O–H groups in total. The Kier molecular flexibility index (Phi) is 7.75. The lowest BCUT2D eigenvalue weighted by molar-refractivity contribution is 0.497. The molecule has 1 atom stereocenters. The summed E-state index contributed by atoms with van der Waals surface area (Å²) in [7, 11) is 0. The van der Waals surface area contributed by atoms with Crippen LogP contribution in [0.3, 0.4) is 0 Å². The van der Waals surface area contributed by atoms with E-state index in [1.165, 1.54) is 43.2 Å². The zero-order valence-electron chi connectivity index (χ0n) is 12.3. The molecule has 1 aromatic rings. The first-order valence-electron chi connectivity index (χ1n) is 7.64. The van der Waals surface area contributed by atoms with Crippen LogP contribution in [0.4, 0.5) is 0 Å². The molecule has 1 heteroatoms. The molecule has 0 aliphatic heterocycles. The molecule has 18 heavy (non-hydrogen) atoms. The molecule has 0 saturated heterocycles. The van der Waals surface area contributed by atoms with E-state index in [0.29, 0.717) is 6.04 Å². The second-order valence-corrected chi connectivity index (χ2v) is 5.07. The van der Waals surface area contributed by atoms with Gasteiger partial charge in [-0.05, 0) is 36.9 Å². The van der Waals surface area contributed by atoms with Crippen molar-refractivity contribution in [2.24, 2.45) is 0 Å². The molecule has 0 saturated carbocycles. The Hall–Kier alpha value is -0.820. The van der Waals surface area contributed by atoms with Gasteiger partial charge in [-0.2, -0.15) is 0 Å². The van der Waals surface area contributed by atoms with E-state index in [1.807, 2.05) is 0 Å². The van der Waals surface area contributed by atoms with Gasteiger partial charge in [0.2, 0.25) is 0 Å². The lowest BCUT2D eigenvalue weighted by Crippen LogP contribution is -2.21. The molecule has 102 valence electrons. The third-order valence-electron chi connectivity index (χ3n) is 3.62. The second kappa shape index (κ2) is 9.16. The molecule has 1 nitrogen and oxygen atoms in total. The molecule has 0 aromatic heterocycles. The van der Waals surface area contributed by atoms with Crippen molar-refractivity contribution in [2.75, 3.05) is 6.54 Å². The number of hydrogen-bond acceptors (Lipinski definition) is 1. The van der Waals surface area contributed by atoms with E-state index in [4.69, 9.17) is 0 Å². The Balaban J connectivity index is 2.39. The molecule has 1 unspecified atom stereocenters. The fourth-order valence-corrected chi connectivity index (χ4v) is 2.31. The molecule has 0 fully saturated rings. The van der Waals surface area contributed by atoms with Crippen molar-refractivity contribution in [1.82, 2.24) is 5.32 Å². The maximum absolute atomic E-state index is 3.68. The summed E-state index contributed by atoms with van der Waals surface area (Å²) in [5.41, 5.74) is 2.86. The molecule has 1 aromatic carbocycles. The minimum Gasteiger partial charge on any atom is -0.310 e. The molecule has 0 amide bonds. The summed E-state index contributed by atoms with van der Waals surface area (Å²) in [6.07, 6.45) is 7.63. The van der Waals surface area contributed by atoms with Gasteiger partial charge >= 0.3 is 0 Å². The van der Waals surface area contributed by atoms with Crippen molar-refractivity contribution < 1.29 is 0 Å². The van der Waals surface area contributed by atoms with Crippen LogP contribution in [0.25, 0.3) is 0 Å². The molecule has 0 radical (unpaired) electrons. The van der Waals surface area contributed by atoms with Gasteiger partial charge < -0.3 is 5.32 Å².